The second-order valence-electron chi connectivity index (χ2n) is 9.31. The highest BCUT2D eigenvalue weighted by Gasteiger charge is 2.71. The van der Waals surface area contributed by atoms with E-state index in [4.69, 9.17) is 0 Å². The van der Waals surface area contributed by atoms with E-state index in [9.17, 15) is 19.5 Å². The van der Waals surface area contributed by atoms with Gasteiger partial charge in [0, 0.05) is 5.92 Å². The number of carboxylic acids is 1. The smallest absolute Gasteiger partial charge is 0.319 e. The van der Waals surface area contributed by atoms with Crippen LogP contribution in [-0.4, -0.2) is 22.9 Å². The maximum atomic E-state index is 14.0. The molecule has 1 saturated heterocycles. The fourth-order valence-electron chi connectivity index (χ4n) is 6.71. The first kappa shape index (κ1) is 19.2. The van der Waals surface area contributed by atoms with E-state index in [1.54, 1.807) is 18.2 Å². The van der Waals surface area contributed by atoms with Crippen LogP contribution in [0.25, 0.3) is 10.8 Å². The number of rotatable bonds is 2. The molecule has 164 valence electrons. The van der Waals surface area contributed by atoms with E-state index in [2.05, 4.69) is 0 Å². The number of fused-ring (bicyclic) bond motifs is 1. The van der Waals surface area contributed by atoms with Gasteiger partial charge in [-0.1, -0.05) is 78.9 Å². The first-order valence-electron chi connectivity index (χ1n) is 11.3. The van der Waals surface area contributed by atoms with Gasteiger partial charge in [0.1, 0.15) is 5.41 Å². The lowest BCUT2D eigenvalue weighted by Gasteiger charge is -2.51. The number of carbonyl (C=O) groups is 3. The van der Waals surface area contributed by atoms with Crippen LogP contribution in [0.5, 0.6) is 0 Å². The van der Waals surface area contributed by atoms with E-state index in [0.717, 1.165) is 21.9 Å². The zero-order valence-electron chi connectivity index (χ0n) is 18.0. The molecular formula is C29H19NO4. The van der Waals surface area contributed by atoms with Crippen molar-refractivity contribution in [1.29, 1.82) is 0 Å². The standard InChI is InChI=1S/C29H19NO4/c31-26-24-23-19-9-3-5-11-21(19)29(28(33)34,22-12-6-4-10-20(22)23)25(24)27(32)30(26)18-14-13-16-7-1-2-8-17(16)15-18/h1-15,23-25H,(H,33,34)/t23?,24-,25-,29?/m0/s1. The van der Waals surface area contributed by atoms with Crippen molar-refractivity contribution in [2.45, 2.75) is 11.3 Å². The SMILES string of the molecule is O=C1[C@@H]2[C@@H](C(=O)N1c1ccc3ccccc3c1)C1c3ccccc3C2(C(=O)O)c2ccccc21. The molecule has 0 aromatic heterocycles. The largest absolute Gasteiger partial charge is 0.480 e. The molecule has 4 aromatic carbocycles. The Morgan fingerprint density at radius 1 is 0.735 bits per heavy atom. The lowest BCUT2D eigenvalue weighted by Crippen LogP contribution is -2.57. The number of anilines is 1. The van der Waals surface area contributed by atoms with Crippen molar-refractivity contribution in [2.75, 3.05) is 4.90 Å². The van der Waals surface area contributed by atoms with Gasteiger partial charge in [0.2, 0.25) is 11.8 Å². The molecule has 2 bridgehead atoms. The number of hydrogen-bond donors (Lipinski definition) is 1. The summed E-state index contributed by atoms with van der Waals surface area (Å²) in [6.45, 7) is 0. The van der Waals surface area contributed by atoms with Crippen LogP contribution in [0, 0.1) is 11.8 Å². The molecule has 0 unspecified atom stereocenters. The Morgan fingerprint density at radius 3 is 1.97 bits per heavy atom. The quantitative estimate of drug-likeness (QED) is 0.462. The van der Waals surface area contributed by atoms with Gasteiger partial charge in [0.05, 0.1) is 17.5 Å². The minimum absolute atomic E-state index is 0.329. The van der Waals surface area contributed by atoms with Crippen LogP contribution < -0.4 is 4.90 Å². The van der Waals surface area contributed by atoms with Crippen LogP contribution in [0.2, 0.25) is 0 Å². The summed E-state index contributed by atoms with van der Waals surface area (Å²) in [7, 11) is 0. The van der Waals surface area contributed by atoms with E-state index < -0.39 is 29.1 Å². The molecule has 2 atom stereocenters. The highest BCUT2D eigenvalue weighted by Crippen LogP contribution is 2.64. The number of carboxylic acid groups (broad SMARTS) is 1. The van der Waals surface area contributed by atoms with Crippen molar-refractivity contribution in [3.05, 3.63) is 113 Å². The van der Waals surface area contributed by atoms with Gasteiger partial charge in [0.25, 0.3) is 0 Å². The molecule has 3 aliphatic carbocycles. The summed E-state index contributed by atoms with van der Waals surface area (Å²) < 4.78 is 0. The van der Waals surface area contributed by atoms with Crippen molar-refractivity contribution in [3.63, 3.8) is 0 Å². The molecule has 0 saturated carbocycles. The summed E-state index contributed by atoms with van der Waals surface area (Å²) in [4.78, 5) is 42.4. The van der Waals surface area contributed by atoms with E-state index in [1.165, 1.54) is 4.90 Å². The van der Waals surface area contributed by atoms with Gasteiger partial charge in [-0.15, -0.1) is 0 Å². The minimum Gasteiger partial charge on any atom is -0.480 e. The van der Waals surface area contributed by atoms with Crippen molar-refractivity contribution in [3.8, 4) is 0 Å². The Balaban J connectivity index is 1.50. The van der Waals surface area contributed by atoms with Crippen LogP contribution in [0.3, 0.4) is 0 Å². The molecule has 5 heteroatoms. The highest BCUT2D eigenvalue weighted by atomic mass is 16.4. The summed E-state index contributed by atoms with van der Waals surface area (Å²) in [5.41, 5.74) is 1.77. The number of hydrogen-bond acceptors (Lipinski definition) is 3. The first-order chi connectivity index (χ1) is 16.5. The lowest BCUT2D eigenvalue weighted by atomic mass is 9.47. The Morgan fingerprint density at radius 2 is 1.32 bits per heavy atom. The van der Waals surface area contributed by atoms with E-state index >= 15 is 0 Å². The molecule has 1 aliphatic heterocycles. The number of aliphatic carboxylic acids is 1. The third kappa shape index (κ3) is 2.08. The topological polar surface area (TPSA) is 74.7 Å². The summed E-state index contributed by atoms with van der Waals surface area (Å²) in [6.07, 6.45) is 0. The molecule has 34 heavy (non-hydrogen) atoms. The van der Waals surface area contributed by atoms with Gasteiger partial charge >= 0.3 is 5.97 Å². The number of carbonyl (C=O) groups excluding carboxylic acids is 2. The number of imide groups is 1. The van der Waals surface area contributed by atoms with Gasteiger partial charge in [-0.3, -0.25) is 14.4 Å². The molecule has 5 nitrogen and oxygen atoms in total. The van der Waals surface area contributed by atoms with Crippen molar-refractivity contribution >= 4 is 34.2 Å². The van der Waals surface area contributed by atoms with Crippen molar-refractivity contribution < 1.29 is 19.5 Å². The van der Waals surface area contributed by atoms with E-state index in [-0.39, 0.29) is 11.8 Å². The zero-order valence-corrected chi connectivity index (χ0v) is 18.0. The van der Waals surface area contributed by atoms with Crippen LogP contribution >= 0.6 is 0 Å². The third-order valence-electron chi connectivity index (χ3n) is 7.95. The highest BCUT2D eigenvalue weighted by molar-refractivity contribution is 6.25. The van der Waals surface area contributed by atoms with Crippen LogP contribution in [-0.2, 0) is 19.8 Å². The van der Waals surface area contributed by atoms with Gasteiger partial charge in [-0.05, 0) is 45.2 Å². The molecule has 8 rings (SSSR count). The normalized spacial score (nSPS) is 26.4. The van der Waals surface area contributed by atoms with Gasteiger partial charge in [-0.2, -0.15) is 0 Å². The van der Waals surface area contributed by atoms with Gasteiger partial charge in [0.15, 0.2) is 0 Å². The fraction of sp³-hybridized carbons (Fsp3) is 0.138. The second-order valence-corrected chi connectivity index (χ2v) is 9.31. The molecule has 4 aromatic rings. The summed E-state index contributed by atoms with van der Waals surface area (Å²) >= 11 is 0. The van der Waals surface area contributed by atoms with Crippen LogP contribution in [0.15, 0.2) is 91.0 Å². The van der Waals surface area contributed by atoms with E-state index in [1.807, 2.05) is 72.8 Å². The average Bonchev–Trinajstić information content (AvgIpc) is 3.14. The monoisotopic (exact) mass is 445 g/mol. The summed E-state index contributed by atoms with van der Waals surface area (Å²) in [6, 6.07) is 28.0. The van der Waals surface area contributed by atoms with Gasteiger partial charge < -0.3 is 5.11 Å². The van der Waals surface area contributed by atoms with Gasteiger partial charge in [-0.25, -0.2) is 4.90 Å². The molecule has 1 N–H and O–H groups in total. The number of amides is 2. The molecule has 1 fully saturated rings. The Bertz CT molecular complexity index is 1520. The predicted octanol–water partition coefficient (Wildman–Crippen LogP) is 4.48. The molecule has 2 amide bonds. The average molecular weight is 445 g/mol. The lowest BCUT2D eigenvalue weighted by molar-refractivity contribution is -0.149. The molecule has 4 aliphatic rings. The van der Waals surface area contributed by atoms with Crippen LogP contribution in [0.1, 0.15) is 28.2 Å². The maximum absolute atomic E-state index is 14.0. The first-order valence-corrected chi connectivity index (χ1v) is 11.3. The Hall–Kier alpha value is -4.25. The molecule has 1 heterocycles. The van der Waals surface area contributed by atoms with Crippen molar-refractivity contribution in [1.82, 2.24) is 0 Å². The van der Waals surface area contributed by atoms with E-state index in [0.29, 0.717) is 16.8 Å². The fourth-order valence-corrected chi connectivity index (χ4v) is 6.71. The Labute approximate surface area is 195 Å². The number of nitrogens with zero attached hydrogens (tertiary/aromatic N) is 1. The van der Waals surface area contributed by atoms with Crippen LogP contribution in [0.4, 0.5) is 5.69 Å². The summed E-state index contributed by atoms with van der Waals surface area (Å²) in [5.74, 6) is -3.99. The predicted molar refractivity (Wildman–Crippen MR) is 127 cm³/mol. The molecule has 0 radical (unpaired) electrons. The number of benzene rings is 4. The second kappa shape index (κ2) is 6.41. The molecule has 0 spiro atoms. The summed E-state index contributed by atoms with van der Waals surface area (Å²) in [5, 5.41) is 12.7. The third-order valence-corrected chi connectivity index (χ3v) is 7.95. The zero-order chi connectivity index (χ0) is 23.2. The maximum Gasteiger partial charge on any atom is 0.319 e. The van der Waals surface area contributed by atoms with Crippen molar-refractivity contribution in [2.24, 2.45) is 11.8 Å². The molecular weight excluding hydrogens is 426 g/mol. The minimum atomic E-state index is -1.61. The Kier molecular flexibility index (Phi) is 3.63.